The lowest BCUT2D eigenvalue weighted by molar-refractivity contribution is 0.0695. The Kier molecular flexibility index (Phi) is 2.98. The number of aromatic carboxylic acids is 1. The van der Waals surface area contributed by atoms with Crippen LogP contribution in [0.5, 0.6) is 0 Å². The van der Waals surface area contributed by atoms with Gasteiger partial charge < -0.3 is 9.52 Å². The zero-order chi connectivity index (χ0) is 13.4. The van der Waals surface area contributed by atoms with Gasteiger partial charge in [0.05, 0.1) is 12.2 Å². The molecule has 0 amide bonds. The van der Waals surface area contributed by atoms with Crippen LogP contribution < -0.4 is 0 Å². The van der Waals surface area contributed by atoms with Crippen LogP contribution in [0.25, 0.3) is 0 Å². The predicted octanol–water partition coefficient (Wildman–Crippen LogP) is 2.46. The highest BCUT2D eigenvalue weighted by atomic mass is 16.4. The Morgan fingerprint density at radius 2 is 2.06 bits per heavy atom. The maximum absolute atomic E-state index is 10.9. The number of aromatic nitrogens is 2. The molecule has 0 bridgehead atoms. The summed E-state index contributed by atoms with van der Waals surface area (Å²) in [4.78, 5) is 10.9. The van der Waals surface area contributed by atoms with Crippen LogP contribution in [0.15, 0.2) is 10.5 Å². The zero-order valence-electron chi connectivity index (χ0n) is 10.9. The van der Waals surface area contributed by atoms with Crippen molar-refractivity contribution in [2.45, 2.75) is 34.2 Å². The summed E-state index contributed by atoms with van der Waals surface area (Å²) in [5.74, 6) is 0.0679. The first-order chi connectivity index (χ1) is 8.40. The monoisotopic (exact) mass is 248 g/mol. The molecule has 0 radical (unpaired) electrons. The van der Waals surface area contributed by atoms with Gasteiger partial charge in [0.2, 0.25) is 0 Å². The number of aryl methyl sites for hydroxylation is 2. The number of rotatable bonds is 3. The van der Waals surface area contributed by atoms with Gasteiger partial charge in [0.1, 0.15) is 17.1 Å². The molecule has 0 atom stereocenters. The van der Waals surface area contributed by atoms with E-state index in [-0.39, 0.29) is 5.56 Å². The van der Waals surface area contributed by atoms with Crippen LogP contribution in [0.1, 0.15) is 38.8 Å². The summed E-state index contributed by atoms with van der Waals surface area (Å²) < 4.78 is 7.27. The Bertz CT molecular complexity index is 608. The van der Waals surface area contributed by atoms with Crippen molar-refractivity contribution in [1.29, 1.82) is 0 Å². The van der Waals surface area contributed by atoms with E-state index in [1.807, 2.05) is 25.5 Å². The molecule has 5 heteroatoms. The molecule has 0 spiro atoms. The smallest absolute Gasteiger partial charge is 0.339 e. The lowest BCUT2D eigenvalue weighted by atomic mass is 10.2. The minimum atomic E-state index is -0.966. The van der Waals surface area contributed by atoms with Gasteiger partial charge in [-0.1, -0.05) is 0 Å². The molecule has 2 heterocycles. The molecule has 5 nitrogen and oxygen atoms in total. The Labute approximate surface area is 105 Å². The summed E-state index contributed by atoms with van der Waals surface area (Å²) in [6.07, 6.45) is 0. The van der Waals surface area contributed by atoms with Crippen LogP contribution in [-0.4, -0.2) is 20.9 Å². The van der Waals surface area contributed by atoms with Gasteiger partial charge in [0.25, 0.3) is 0 Å². The molecule has 1 N–H and O–H groups in total. The summed E-state index contributed by atoms with van der Waals surface area (Å²) in [7, 11) is 0. The van der Waals surface area contributed by atoms with Gasteiger partial charge in [-0.3, -0.25) is 4.68 Å². The average molecular weight is 248 g/mol. The van der Waals surface area contributed by atoms with Crippen LogP contribution in [0.4, 0.5) is 0 Å². The first-order valence-corrected chi connectivity index (χ1v) is 5.73. The van der Waals surface area contributed by atoms with Crippen molar-refractivity contribution in [2.75, 3.05) is 0 Å². The molecule has 0 unspecified atom stereocenters. The van der Waals surface area contributed by atoms with Gasteiger partial charge in [0.15, 0.2) is 0 Å². The van der Waals surface area contributed by atoms with Crippen molar-refractivity contribution in [1.82, 2.24) is 9.78 Å². The van der Waals surface area contributed by atoms with E-state index < -0.39 is 5.97 Å². The predicted molar refractivity (Wildman–Crippen MR) is 65.9 cm³/mol. The highest BCUT2D eigenvalue weighted by Crippen LogP contribution is 2.18. The number of carboxylic acids is 1. The lowest BCUT2D eigenvalue weighted by Gasteiger charge is -2.01. The highest BCUT2D eigenvalue weighted by Gasteiger charge is 2.15. The van der Waals surface area contributed by atoms with E-state index in [1.165, 1.54) is 0 Å². The molecule has 2 rings (SSSR count). The third-order valence-corrected chi connectivity index (χ3v) is 3.25. The van der Waals surface area contributed by atoms with Crippen LogP contribution >= 0.6 is 0 Å². The van der Waals surface area contributed by atoms with Gasteiger partial charge in [-0.2, -0.15) is 5.10 Å². The van der Waals surface area contributed by atoms with Crippen molar-refractivity contribution in [2.24, 2.45) is 0 Å². The Hall–Kier alpha value is -2.04. The largest absolute Gasteiger partial charge is 0.478 e. The number of furan rings is 1. The maximum atomic E-state index is 10.9. The van der Waals surface area contributed by atoms with E-state index in [0.717, 1.165) is 17.0 Å². The fourth-order valence-electron chi connectivity index (χ4n) is 1.92. The third kappa shape index (κ3) is 2.03. The first kappa shape index (κ1) is 12.4. The number of carboxylic acid groups (broad SMARTS) is 1. The SMILES string of the molecule is Cc1nn(Cc2cc(C(=O)O)c(C)o2)c(C)c1C. The number of hydrogen-bond acceptors (Lipinski definition) is 3. The van der Waals surface area contributed by atoms with Gasteiger partial charge >= 0.3 is 5.97 Å². The quantitative estimate of drug-likeness (QED) is 0.905. The fourth-order valence-corrected chi connectivity index (χ4v) is 1.92. The second-order valence-corrected chi connectivity index (χ2v) is 4.44. The van der Waals surface area contributed by atoms with Gasteiger partial charge in [-0.15, -0.1) is 0 Å². The van der Waals surface area contributed by atoms with Crippen molar-refractivity contribution < 1.29 is 14.3 Å². The molecule has 0 aromatic carbocycles. The first-order valence-electron chi connectivity index (χ1n) is 5.73. The van der Waals surface area contributed by atoms with Crippen molar-refractivity contribution >= 4 is 5.97 Å². The summed E-state index contributed by atoms with van der Waals surface area (Å²) in [5.41, 5.74) is 3.41. The molecule has 0 aliphatic heterocycles. The summed E-state index contributed by atoms with van der Waals surface area (Å²) in [6, 6.07) is 1.56. The lowest BCUT2D eigenvalue weighted by Crippen LogP contribution is -2.03. The Morgan fingerprint density at radius 1 is 1.39 bits per heavy atom. The van der Waals surface area contributed by atoms with Crippen LogP contribution in [0.2, 0.25) is 0 Å². The molecule has 18 heavy (non-hydrogen) atoms. The van der Waals surface area contributed by atoms with Gasteiger partial charge in [-0.25, -0.2) is 4.79 Å². The van der Waals surface area contributed by atoms with E-state index >= 15 is 0 Å². The number of nitrogens with zero attached hydrogens (tertiary/aromatic N) is 2. The molecular formula is C13H16N2O3. The molecule has 0 aliphatic carbocycles. The van der Waals surface area contributed by atoms with E-state index in [4.69, 9.17) is 9.52 Å². The second kappa shape index (κ2) is 4.33. The summed E-state index contributed by atoms with van der Waals surface area (Å²) in [6.45, 7) is 8.07. The molecular weight excluding hydrogens is 232 g/mol. The topological polar surface area (TPSA) is 68.3 Å². The highest BCUT2D eigenvalue weighted by molar-refractivity contribution is 5.88. The number of carbonyl (C=O) groups is 1. The van der Waals surface area contributed by atoms with Gasteiger partial charge in [0, 0.05) is 5.69 Å². The van der Waals surface area contributed by atoms with Crippen molar-refractivity contribution in [3.8, 4) is 0 Å². The maximum Gasteiger partial charge on any atom is 0.339 e. The fraction of sp³-hybridized carbons (Fsp3) is 0.385. The normalized spacial score (nSPS) is 10.9. The molecule has 0 fully saturated rings. The van der Waals surface area contributed by atoms with Crippen LogP contribution in [0, 0.1) is 27.7 Å². The van der Waals surface area contributed by atoms with Crippen LogP contribution in [0.3, 0.4) is 0 Å². The number of hydrogen-bond donors (Lipinski definition) is 1. The summed E-state index contributed by atoms with van der Waals surface area (Å²) >= 11 is 0. The Balaban J connectivity index is 2.31. The van der Waals surface area contributed by atoms with Gasteiger partial charge in [-0.05, 0) is 39.3 Å². The molecule has 0 aliphatic rings. The summed E-state index contributed by atoms with van der Waals surface area (Å²) in [5, 5.41) is 13.4. The van der Waals surface area contributed by atoms with E-state index in [9.17, 15) is 4.79 Å². The minimum absolute atomic E-state index is 0.211. The van der Waals surface area contributed by atoms with Crippen molar-refractivity contribution in [3.63, 3.8) is 0 Å². The minimum Gasteiger partial charge on any atom is -0.478 e. The molecule has 2 aromatic rings. The zero-order valence-corrected chi connectivity index (χ0v) is 10.9. The standard InChI is InChI=1S/C13H16N2O3/c1-7-8(2)14-15(9(7)3)6-11-5-12(13(16)17)10(4)18-11/h5H,6H2,1-4H3,(H,16,17). The Morgan fingerprint density at radius 3 is 2.50 bits per heavy atom. The molecule has 0 saturated carbocycles. The third-order valence-electron chi connectivity index (χ3n) is 3.25. The molecule has 2 aromatic heterocycles. The van der Waals surface area contributed by atoms with E-state index in [2.05, 4.69) is 5.10 Å². The molecule has 96 valence electrons. The van der Waals surface area contributed by atoms with Crippen LogP contribution in [-0.2, 0) is 6.54 Å². The second-order valence-electron chi connectivity index (χ2n) is 4.44. The average Bonchev–Trinajstić information content (AvgIpc) is 2.76. The molecule has 0 saturated heterocycles. The van der Waals surface area contributed by atoms with Crippen molar-refractivity contribution in [3.05, 3.63) is 40.1 Å². The van der Waals surface area contributed by atoms with E-state index in [0.29, 0.717) is 18.1 Å². The van der Waals surface area contributed by atoms with E-state index in [1.54, 1.807) is 13.0 Å².